The zero-order chi connectivity index (χ0) is 12.8. The predicted octanol–water partition coefficient (Wildman–Crippen LogP) is 1.48. The number of carbonyl (C=O) groups excluding carboxylic acids is 1. The maximum Gasteiger partial charge on any atom is 0.250 e. The van der Waals surface area contributed by atoms with Crippen LogP contribution < -0.4 is 11.1 Å². The molecule has 18 heavy (non-hydrogen) atoms. The standard InChI is InChI=1S/C14H20N2O2/c15-8-9-18-10-14(17)16-13-7-3-5-11-4-1-2-6-12(11)13/h3,5,7H,1-2,4,6,8-10,15H2,(H,16,17). The van der Waals surface area contributed by atoms with Crippen LogP contribution in [0.1, 0.15) is 24.0 Å². The Balaban J connectivity index is 1.98. The highest BCUT2D eigenvalue weighted by Gasteiger charge is 2.14. The van der Waals surface area contributed by atoms with E-state index < -0.39 is 0 Å². The van der Waals surface area contributed by atoms with E-state index in [9.17, 15) is 4.79 Å². The molecule has 1 amide bonds. The van der Waals surface area contributed by atoms with E-state index in [1.165, 1.54) is 24.0 Å². The summed E-state index contributed by atoms with van der Waals surface area (Å²) in [6, 6.07) is 6.11. The highest BCUT2D eigenvalue weighted by atomic mass is 16.5. The summed E-state index contributed by atoms with van der Waals surface area (Å²) in [5.41, 5.74) is 8.89. The highest BCUT2D eigenvalue weighted by molar-refractivity contribution is 5.92. The average molecular weight is 248 g/mol. The topological polar surface area (TPSA) is 64.3 Å². The lowest BCUT2D eigenvalue weighted by Gasteiger charge is -2.19. The minimum Gasteiger partial charge on any atom is -0.370 e. The Hall–Kier alpha value is -1.39. The lowest BCUT2D eigenvalue weighted by Crippen LogP contribution is -2.22. The van der Waals surface area contributed by atoms with Gasteiger partial charge in [0.15, 0.2) is 0 Å². The van der Waals surface area contributed by atoms with Crippen LogP contribution in [0.5, 0.6) is 0 Å². The third-order valence-corrected chi connectivity index (χ3v) is 3.17. The van der Waals surface area contributed by atoms with Crippen LogP contribution in [-0.4, -0.2) is 25.7 Å². The van der Waals surface area contributed by atoms with Gasteiger partial charge >= 0.3 is 0 Å². The van der Waals surface area contributed by atoms with Crippen molar-refractivity contribution in [1.82, 2.24) is 0 Å². The molecule has 0 spiro atoms. The molecule has 98 valence electrons. The van der Waals surface area contributed by atoms with Gasteiger partial charge in [0.2, 0.25) is 5.91 Å². The minimum atomic E-state index is -0.109. The Morgan fingerprint density at radius 2 is 2.17 bits per heavy atom. The Labute approximate surface area is 108 Å². The fraction of sp³-hybridized carbons (Fsp3) is 0.500. The van der Waals surface area contributed by atoms with E-state index in [1.807, 2.05) is 12.1 Å². The molecule has 1 aliphatic carbocycles. The van der Waals surface area contributed by atoms with E-state index in [0.717, 1.165) is 18.5 Å². The molecule has 4 nitrogen and oxygen atoms in total. The lowest BCUT2D eigenvalue weighted by atomic mass is 9.90. The number of nitrogens with two attached hydrogens (primary N) is 1. The van der Waals surface area contributed by atoms with Crippen LogP contribution in [0.3, 0.4) is 0 Å². The minimum absolute atomic E-state index is 0.0703. The van der Waals surface area contributed by atoms with Crippen molar-refractivity contribution in [2.75, 3.05) is 25.1 Å². The first-order valence-corrected chi connectivity index (χ1v) is 6.49. The van der Waals surface area contributed by atoms with Gasteiger partial charge in [-0.1, -0.05) is 12.1 Å². The van der Waals surface area contributed by atoms with E-state index in [1.54, 1.807) is 0 Å². The maximum absolute atomic E-state index is 11.7. The number of fused-ring (bicyclic) bond motifs is 1. The monoisotopic (exact) mass is 248 g/mol. The normalized spacial score (nSPS) is 14.1. The van der Waals surface area contributed by atoms with Crippen molar-refractivity contribution < 1.29 is 9.53 Å². The molecule has 3 N–H and O–H groups in total. The zero-order valence-corrected chi connectivity index (χ0v) is 10.6. The van der Waals surface area contributed by atoms with Crippen molar-refractivity contribution in [1.29, 1.82) is 0 Å². The lowest BCUT2D eigenvalue weighted by molar-refractivity contribution is -0.120. The maximum atomic E-state index is 11.7. The summed E-state index contributed by atoms with van der Waals surface area (Å²) in [5.74, 6) is -0.109. The molecule has 0 atom stereocenters. The van der Waals surface area contributed by atoms with Crippen molar-refractivity contribution in [3.05, 3.63) is 29.3 Å². The molecule has 0 bridgehead atoms. The van der Waals surface area contributed by atoms with Gasteiger partial charge in [-0.2, -0.15) is 0 Å². The van der Waals surface area contributed by atoms with Crippen LogP contribution in [-0.2, 0) is 22.4 Å². The van der Waals surface area contributed by atoms with Gasteiger partial charge in [-0.15, -0.1) is 0 Å². The first-order valence-electron chi connectivity index (χ1n) is 6.49. The van der Waals surface area contributed by atoms with Crippen LogP contribution in [0, 0.1) is 0 Å². The molecular weight excluding hydrogens is 228 g/mol. The molecule has 0 fully saturated rings. The molecule has 0 aromatic heterocycles. The fourth-order valence-corrected chi connectivity index (χ4v) is 2.33. The van der Waals surface area contributed by atoms with Gasteiger partial charge in [0.05, 0.1) is 6.61 Å². The number of rotatable bonds is 5. The molecule has 0 saturated carbocycles. The number of aryl methyl sites for hydroxylation is 1. The third kappa shape index (κ3) is 3.31. The van der Waals surface area contributed by atoms with E-state index >= 15 is 0 Å². The first kappa shape index (κ1) is 13.1. The number of nitrogens with one attached hydrogen (secondary N) is 1. The smallest absolute Gasteiger partial charge is 0.250 e. The average Bonchev–Trinajstić information content (AvgIpc) is 2.39. The number of benzene rings is 1. The summed E-state index contributed by atoms with van der Waals surface area (Å²) < 4.78 is 5.12. The summed E-state index contributed by atoms with van der Waals surface area (Å²) in [4.78, 5) is 11.7. The van der Waals surface area contributed by atoms with Gasteiger partial charge in [-0.25, -0.2) is 0 Å². The van der Waals surface area contributed by atoms with Crippen molar-refractivity contribution >= 4 is 11.6 Å². The summed E-state index contributed by atoms with van der Waals surface area (Å²) in [5, 5.41) is 2.92. The van der Waals surface area contributed by atoms with Crippen LogP contribution in [0.15, 0.2) is 18.2 Å². The predicted molar refractivity (Wildman–Crippen MR) is 71.6 cm³/mol. The number of anilines is 1. The Morgan fingerprint density at radius 1 is 1.33 bits per heavy atom. The molecule has 0 radical (unpaired) electrons. The summed E-state index contributed by atoms with van der Waals surface area (Å²) in [6.07, 6.45) is 4.60. The van der Waals surface area contributed by atoms with Crippen LogP contribution in [0.25, 0.3) is 0 Å². The molecule has 0 saturated heterocycles. The number of carbonyl (C=O) groups is 1. The summed E-state index contributed by atoms with van der Waals surface area (Å²) in [6.45, 7) is 0.926. The molecule has 1 aromatic carbocycles. The summed E-state index contributed by atoms with van der Waals surface area (Å²) in [7, 11) is 0. The van der Waals surface area contributed by atoms with E-state index in [2.05, 4.69) is 11.4 Å². The molecule has 4 heteroatoms. The molecule has 2 rings (SSSR count). The van der Waals surface area contributed by atoms with Gasteiger partial charge in [-0.3, -0.25) is 4.79 Å². The van der Waals surface area contributed by atoms with Gasteiger partial charge in [-0.05, 0) is 42.9 Å². The van der Waals surface area contributed by atoms with E-state index in [4.69, 9.17) is 10.5 Å². The van der Waals surface area contributed by atoms with Crippen LogP contribution in [0.2, 0.25) is 0 Å². The van der Waals surface area contributed by atoms with E-state index in [-0.39, 0.29) is 12.5 Å². The molecular formula is C14H20N2O2. The number of hydrogen-bond acceptors (Lipinski definition) is 3. The van der Waals surface area contributed by atoms with Crippen LogP contribution in [0.4, 0.5) is 5.69 Å². The molecule has 1 aliphatic rings. The van der Waals surface area contributed by atoms with Crippen LogP contribution >= 0.6 is 0 Å². The molecule has 0 unspecified atom stereocenters. The highest BCUT2D eigenvalue weighted by Crippen LogP contribution is 2.27. The van der Waals surface area contributed by atoms with Crippen molar-refractivity contribution in [3.63, 3.8) is 0 Å². The second-order valence-corrected chi connectivity index (χ2v) is 4.54. The molecule has 1 aromatic rings. The SMILES string of the molecule is NCCOCC(=O)Nc1cccc2c1CCCC2. The number of ether oxygens (including phenoxy) is 1. The molecule has 0 heterocycles. The second-order valence-electron chi connectivity index (χ2n) is 4.54. The Kier molecular flexibility index (Phi) is 4.73. The molecule has 0 aliphatic heterocycles. The van der Waals surface area contributed by atoms with Gasteiger partial charge < -0.3 is 15.8 Å². The fourth-order valence-electron chi connectivity index (χ4n) is 2.33. The van der Waals surface area contributed by atoms with Gasteiger partial charge in [0.25, 0.3) is 0 Å². The Bertz CT molecular complexity index is 418. The van der Waals surface area contributed by atoms with Crippen molar-refractivity contribution in [2.24, 2.45) is 5.73 Å². The second kappa shape index (κ2) is 6.52. The van der Waals surface area contributed by atoms with Crippen molar-refractivity contribution in [2.45, 2.75) is 25.7 Å². The van der Waals surface area contributed by atoms with E-state index in [0.29, 0.717) is 13.2 Å². The quantitative estimate of drug-likeness (QED) is 0.776. The van der Waals surface area contributed by atoms with Crippen molar-refractivity contribution in [3.8, 4) is 0 Å². The summed E-state index contributed by atoms with van der Waals surface area (Å²) >= 11 is 0. The van der Waals surface area contributed by atoms with Gasteiger partial charge in [0.1, 0.15) is 6.61 Å². The third-order valence-electron chi connectivity index (χ3n) is 3.17. The first-order chi connectivity index (χ1) is 8.81. The zero-order valence-electron chi connectivity index (χ0n) is 10.6. The largest absolute Gasteiger partial charge is 0.370 e. The number of amides is 1. The number of hydrogen-bond donors (Lipinski definition) is 2. The Morgan fingerprint density at radius 3 is 3.00 bits per heavy atom. The van der Waals surface area contributed by atoms with Gasteiger partial charge in [0, 0.05) is 12.2 Å².